The minimum atomic E-state index is -3.17. The maximum absolute atomic E-state index is 12.1. The third-order valence-electron chi connectivity index (χ3n) is 3.27. The van der Waals surface area contributed by atoms with E-state index < -0.39 is 9.84 Å². The number of ether oxygens (including phenoxy) is 1. The molecule has 20 heavy (non-hydrogen) atoms. The Balaban J connectivity index is 1.85. The fourth-order valence-corrected chi connectivity index (χ4v) is 3.85. The van der Waals surface area contributed by atoms with Gasteiger partial charge in [0.05, 0.1) is 18.4 Å². The van der Waals surface area contributed by atoms with Crippen LogP contribution in [0.5, 0.6) is 0 Å². The van der Waals surface area contributed by atoms with Crippen molar-refractivity contribution in [2.45, 2.75) is 44.6 Å². The van der Waals surface area contributed by atoms with Crippen molar-refractivity contribution in [2.24, 2.45) is 0 Å². The Labute approximate surface area is 120 Å². The minimum absolute atomic E-state index is 0.0410. The monoisotopic (exact) mass is 301 g/mol. The van der Waals surface area contributed by atoms with Crippen molar-refractivity contribution in [1.29, 1.82) is 0 Å². The van der Waals surface area contributed by atoms with Gasteiger partial charge in [0.1, 0.15) is 17.3 Å². The lowest BCUT2D eigenvalue weighted by Gasteiger charge is -2.09. The number of sulfone groups is 1. The Morgan fingerprint density at radius 3 is 2.85 bits per heavy atom. The van der Waals surface area contributed by atoms with E-state index in [4.69, 9.17) is 9.15 Å². The average molecular weight is 301 g/mol. The second-order valence-electron chi connectivity index (χ2n) is 5.23. The molecule has 1 unspecified atom stereocenters. The van der Waals surface area contributed by atoms with Crippen molar-refractivity contribution >= 4 is 9.84 Å². The molecule has 1 aromatic rings. The van der Waals surface area contributed by atoms with Gasteiger partial charge in [0.15, 0.2) is 9.84 Å². The molecular weight excluding hydrogens is 278 g/mol. The Kier molecular flexibility index (Phi) is 5.63. The standard InChI is InChI=1S/C14H23NO4S/c1-2-7-15-9-12-5-6-14(19-12)11-20(16,17)10-13-4-3-8-18-13/h5-6,13,15H,2-4,7-11H2,1H3. The van der Waals surface area contributed by atoms with Gasteiger partial charge in [-0.1, -0.05) is 6.92 Å². The first-order valence-corrected chi connectivity index (χ1v) is 9.01. The molecule has 2 rings (SSSR count). The topological polar surface area (TPSA) is 68.5 Å². The van der Waals surface area contributed by atoms with Gasteiger partial charge in [0, 0.05) is 6.61 Å². The highest BCUT2D eigenvalue weighted by molar-refractivity contribution is 7.90. The van der Waals surface area contributed by atoms with E-state index in [-0.39, 0.29) is 17.6 Å². The molecule has 6 heteroatoms. The van der Waals surface area contributed by atoms with Gasteiger partial charge in [-0.25, -0.2) is 8.42 Å². The summed E-state index contributed by atoms with van der Waals surface area (Å²) in [5, 5.41) is 3.22. The second-order valence-corrected chi connectivity index (χ2v) is 7.34. The largest absolute Gasteiger partial charge is 0.464 e. The smallest absolute Gasteiger partial charge is 0.160 e. The van der Waals surface area contributed by atoms with E-state index in [0.29, 0.717) is 18.9 Å². The lowest BCUT2D eigenvalue weighted by molar-refractivity contribution is 0.127. The zero-order valence-corrected chi connectivity index (χ0v) is 12.7. The third kappa shape index (κ3) is 4.92. The van der Waals surface area contributed by atoms with Crippen molar-refractivity contribution in [3.8, 4) is 0 Å². The van der Waals surface area contributed by atoms with Crippen LogP contribution in [0.2, 0.25) is 0 Å². The molecule has 0 aliphatic carbocycles. The van der Waals surface area contributed by atoms with Crippen LogP contribution in [0.25, 0.3) is 0 Å². The van der Waals surface area contributed by atoms with E-state index in [9.17, 15) is 8.42 Å². The van der Waals surface area contributed by atoms with Gasteiger partial charge in [-0.05, 0) is 37.9 Å². The van der Waals surface area contributed by atoms with Crippen LogP contribution in [0.15, 0.2) is 16.5 Å². The molecule has 1 N–H and O–H groups in total. The highest BCUT2D eigenvalue weighted by Gasteiger charge is 2.24. The summed E-state index contributed by atoms with van der Waals surface area (Å²) in [4.78, 5) is 0. The van der Waals surface area contributed by atoms with E-state index in [1.54, 1.807) is 6.07 Å². The number of hydrogen-bond acceptors (Lipinski definition) is 5. The predicted octanol–water partition coefficient (Wildman–Crippen LogP) is 1.87. The van der Waals surface area contributed by atoms with E-state index in [0.717, 1.165) is 31.6 Å². The van der Waals surface area contributed by atoms with Crippen LogP contribution < -0.4 is 5.32 Å². The Bertz CT molecular complexity index is 503. The van der Waals surface area contributed by atoms with Gasteiger partial charge < -0.3 is 14.5 Å². The van der Waals surface area contributed by atoms with Crippen LogP contribution >= 0.6 is 0 Å². The first-order valence-electron chi connectivity index (χ1n) is 7.19. The van der Waals surface area contributed by atoms with Crippen molar-refractivity contribution in [3.05, 3.63) is 23.7 Å². The number of rotatable bonds is 8. The summed E-state index contributed by atoms with van der Waals surface area (Å²) in [5.41, 5.74) is 0. The Hall–Kier alpha value is -0.850. The fourth-order valence-electron chi connectivity index (χ4n) is 2.32. The van der Waals surface area contributed by atoms with Crippen LogP contribution in [0.1, 0.15) is 37.7 Å². The van der Waals surface area contributed by atoms with Crippen LogP contribution in [0.3, 0.4) is 0 Å². The summed E-state index contributed by atoms with van der Waals surface area (Å²) >= 11 is 0. The minimum Gasteiger partial charge on any atom is -0.464 e. The molecule has 2 heterocycles. The third-order valence-corrected chi connectivity index (χ3v) is 4.87. The summed E-state index contributed by atoms with van der Waals surface area (Å²) < 4.78 is 35.1. The molecule has 0 bridgehead atoms. The Morgan fingerprint density at radius 2 is 2.15 bits per heavy atom. The molecule has 0 amide bonds. The van der Waals surface area contributed by atoms with E-state index in [1.807, 2.05) is 6.07 Å². The fraction of sp³-hybridized carbons (Fsp3) is 0.714. The molecule has 0 spiro atoms. The number of nitrogens with one attached hydrogen (secondary N) is 1. The maximum atomic E-state index is 12.1. The normalized spacial score (nSPS) is 19.6. The number of hydrogen-bond donors (Lipinski definition) is 1. The summed E-state index contributed by atoms with van der Waals surface area (Å²) in [6.45, 7) is 4.33. The van der Waals surface area contributed by atoms with Gasteiger partial charge in [-0.15, -0.1) is 0 Å². The highest BCUT2D eigenvalue weighted by atomic mass is 32.2. The molecule has 1 fully saturated rings. The van der Waals surface area contributed by atoms with Gasteiger partial charge >= 0.3 is 0 Å². The van der Waals surface area contributed by atoms with Crippen molar-refractivity contribution in [2.75, 3.05) is 18.9 Å². The average Bonchev–Trinajstić information content (AvgIpc) is 3.01. The number of furan rings is 1. The zero-order chi connectivity index (χ0) is 14.4. The molecule has 5 nitrogen and oxygen atoms in total. The molecule has 0 radical (unpaired) electrons. The van der Waals surface area contributed by atoms with E-state index in [1.165, 1.54) is 0 Å². The zero-order valence-electron chi connectivity index (χ0n) is 11.9. The van der Waals surface area contributed by atoms with Crippen molar-refractivity contribution < 1.29 is 17.6 Å². The van der Waals surface area contributed by atoms with Gasteiger partial charge in [0.2, 0.25) is 0 Å². The molecule has 0 saturated carbocycles. The molecule has 1 aromatic heterocycles. The van der Waals surface area contributed by atoms with Crippen LogP contribution in [-0.2, 0) is 26.9 Å². The SMILES string of the molecule is CCCNCc1ccc(CS(=O)(=O)CC2CCCO2)o1. The lowest BCUT2D eigenvalue weighted by atomic mass is 10.3. The Morgan fingerprint density at radius 1 is 1.35 bits per heavy atom. The molecule has 1 saturated heterocycles. The molecule has 114 valence electrons. The second kappa shape index (κ2) is 7.24. The quantitative estimate of drug-likeness (QED) is 0.742. The van der Waals surface area contributed by atoms with Crippen LogP contribution in [0.4, 0.5) is 0 Å². The van der Waals surface area contributed by atoms with Gasteiger partial charge in [0.25, 0.3) is 0 Å². The van der Waals surface area contributed by atoms with E-state index >= 15 is 0 Å². The van der Waals surface area contributed by atoms with E-state index in [2.05, 4.69) is 12.2 Å². The first-order chi connectivity index (χ1) is 9.59. The first kappa shape index (κ1) is 15.5. The van der Waals surface area contributed by atoms with Crippen molar-refractivity contribution in [3.63, 3.8) is 0 Å². The summed E-state index contributed by atoms with van der Waals surface area (Å²) in [6, 6.07) is 3.58. The summed E-state index contributed by atoms with van der Waals surface area (Å²) in [6.07, 6.45) is 2.71. The van der Waals surface area contributed by atoms with Crippen molar-refractivity contribution in [1.82, 2.24) is 5.32 Å². The molecule has 1 aliphatic rings. The van der Waals surface area contributed by atoms with Crippen LogP contribution in [-0.4, -0.2) is 33.4 Å². The molecular formula is C14H23NO4S. The predicted molar refractivity (Wildman–Crippen MR) is 77.2 cm³/mol. The molecule has 1 atom stereocenters. The summed E-state index contributed by atoms with van der Waals surface area (Å²) in [7, 11) is -3.17. The summed E-state index contributed by atoms with van der Waals surface area (Å²) in [5.74, 6) is 1.34. The van der Waals surface area contributed by atoms with Gasteiger partial charge in [-0.3, -0.25) is 0 Å². The maximum Gasteiger partial charge on any atom is 0.160 e. The molecule has 0 aromatic carbocycles. The highest BCUT2D eigenvalue weighted by Crippen LogP contribution is 2.17. The van der Waals surface area contributed by atoms with Gasteiger partial charge in [-0.2, -0.15) is 0 Å². The lowest BCUT2D eigenvalue weighted by Crippen LogP contribution is -2.21. The van der Waals surface area contributed by atoms with Crippen LogP contribution in [0, 0.1) is 0 Å². The molecule has 1 aliphatic heterocycles.